The van der Waals surface area contributed by atoms with Crippen molar-refractivity contribution in [3.8, 4) is 0 Å². The van der Waals surface area contributed by atoms with Gasteiger partial charge >= 0.3 is 0 Å². The molecule has 0 fully saturated rings. The van der Waals surface area contributed by atoms with E-state index >= 15 is 0 Å². The summed E-state index contributed by atoms with van der Waals surface area (Å²) in [5, 5.41) is 2.55. The Kier molecular flexibility index (Phi) is 1.42. The van der Waals surface area contributed by atoms with Crippen molar-refractivity contribution < 1.29 is 0 Å². The van der Waals surface area contributed by atoms with Crippen LogP contribution in [-0.2, 0) is 0 Å². The molecule has 3 rings (SSSR count). The number of hydrogen-bond donors (Lipinski definition) is 0. The third-order valence-electron chi connectivity index (χ3n) is 2.68. The highest BCUT2D eigenvalue weighted by Crippen LogP contribution is 2.27. The first-order valence-electron chi connectivity index (χ1n) is 4.67. The number of fused-ring (bicyclic) bond motifs is 3. The summed E-state index contributed by atoms with van der Waals surface area (Å²) in [6, 6.07) is 16.7. The number of hydrogen-bond acceptors (Lipinski definition) is 0. The zero-order chi connectivity index (χ0) is 9.54. The summed E-state index contributed by atoms with van der Waals surface area (Å²) in [4.78, 5) is 0. The maximum Gasteiger partial charge on any atom is 0.0491 e. The van der Waals surface area contributed by atoms with Crippen LogP contribution in [0.5, 0.6) is 0 Å². The first-order chi connectivity index (χ1) is 6.88. The molecule has 0 spiro atoms. The Morgan fingerprint density at radius 2 is 1.14 bits per heavy atom. The highest BCUT2D eigenvalue weighted by Gasteiger charge is 2.04. The molecular formula is C13H10N. The van der Waals surface area contributed by atoms with Crippen LogP contribution in [0, 0.1) is 7.05 Å². The summed E-state index contributed by atoms with van der Waals surface area (Å²) in [5.41, 5.74) is 2.38. The van der Waals surface area contributed by atoms with Gasteiger partial charge in [0.25, 0.3) is 0 Å². The molecule has 1 radical (unpaired) electrons. The molecule has 0 aliphatic heterocycles. The molecule has 0 unspecified atom stereocenters. The van der Waals surface area contributed by atoms with Gasteiger partial charge in [0.1, 0.15) is 0 Å². The second-order valence-corrected chi connectivity index (χ2v) is 3.46. The Bertz CT molecular complexity index is 551. The Hall–Kier alpha value is -1.76. The van der Waals surface area contributed by atoms with E-state index in [4.69, 9.17) is 0 Å². The van der Waals surface area contributed by atoms with E-state index in [2.05, 4.69) is 43.4 Å². The van der Waals surface area contributed by atoms with Crippen LogP contribution in [0.3, 0.4) is 0 Å². The lowest BCUT2D eigenvalue weighted by Crippen LogP contribution is -1.81. The standard InChI is InChI=1S/C13H10N/c1-14-12-8-4-2-6-10(12)11-7-3-5-9-13(11)14/h2-9H,1H2. The zero-order valence-corrected chi connectivity index (χ0v) is 7.77. The van der Waals surface area contributed by atoms with E-state index in [1.54, 1.807) is 0 Å². The minimum absolute atomic E-state index is 1.19. The van der Waals surface area contributed by atoms with E-state index in [1.165, 1.54) is 21.8 Å². The van der Waals surface area contributed by atoms with E-state index in [0.717, 1.165) is 0 Å². The molecule has 1 heterocycles. The van der Waals surface area contributed by atoms with Crippen LogP contribution >= 0.6 is 0 Å². The third-order valence-corrected chi connectivity index (χ3v) is 2.68. The fourth-order valence-corrected chi connectivity index (χ4v) is 2.00. The van der Waals surface area contributed by atoms with Gasteiger partial charge in [0, 0.05) is 28.9 Å². The summed E-state index contributed by atoms with van der Waals surface area (Å²) >= 11 is 0. The lowest BCUT2D eigenvalue weighted by atomic mass is 10.2. The van der Waals surface area contributed by atoms with Crippen LogP contribution in [0.15, 0.2) is 48.5 Å². The van der Waals surface area contributed by atoms with Crippen LogP contribution in [0.25, 0.3) is 21.8 Å². The molecule has 0 saturated heterocycles. The van der Waals surface area contributed by atoms with Gasteiger partial charge in [0.05, 0.1) is 0 Å². The molecule has 0 N–H and O–H groups in total. The molecule has 0 atom stereocenters. The molecule has 3 aromatic rings. The summed E-state index contributed by atoms with van der Waals surface area (Å²) in [7, 11) is 4.05. The normalized spacial score (nSPS) is 11.2. The van der Waals surface area contributed by atoms with E-state index in [9.17, 15) is 0 Å². The van der Waals surface area contributed by atoms with Crippen molar-refractivity contribution in [2.24, 2.45) is 0 Å². The van der Waals surface area contributed by atoms with Gasteiger partial charge in [-0.25, -0.2) is 0 Å². The number of rotatable bonds is 0. The van der Waals surface area contributed by atoms with Gasteiger partial charge in [-0.1, -0.05) is 36.4 Å². The lowest BCUT2D eigenvalue weighted by molar-refractivity contribution is 1.20. The highest BCUT2D eigenvalue weighted by atomic mass is 14.9. The van der Waals surface area contributed by atoms with Gasteiger partial charge in [-0.3, -0.25) is 0 Å². The molecule has 67 valence electrons. The molecule has 1 aromatic heterocycles. The predicted molar refractivity (Wildman–Crippen MR) is 60.2 cm³/mol. The molecule has 1 heteroatoms. The number of nitrogens with zero attached hydrogens (tertiary/aromatic N) is 1. The van der Waals surface area contributed by atoms with Crippen LogP contribution in [0.1, 0.15) is 0 Å². The summed E-state index contributed by atoms with van der Waals surface area (Å²) in [6.07, 6.45) is 0. The van der Waals surface area contributed by atoms with E-state index in [1.807, 2.05) is 16.7 Å². The van der Waals surface area contributed by atoms with Crippen LogP contribution < -0.4 is 0 Å². The number of benzene rings is 2. The molecule has 0 aliphatic rings. The summed E-state index contributed by atoms with van der Waals surface area (Å²) < 4.78 is 1.99. The van der Waals surface area contributed by atoms with Gasteiger partial charge in [0.2, 0.25) is 0 Å². The first kappa shape index (κ1) is 7.63. The van der Waals surface area contributed by atoms with Crippen molar-refractivity contribution in [3.05, 3.63) is 55.6 Å². The maximum absolute atomic E-state index is 4.05. The quantitative estimate of drug-likeness (QED) is 0.499. The van der Waals surface area contributed by atoms with Gasteiger partial charge in [-0.05, 0) is 12.1 Å². The summed E-state index contributed by atoms with van der Waals surface area (Å²) in [5.74, 6) is 0. The molecule has 0 saturated carbocycles. The average molecular weight is 180 g/mol. The second kappa shape index (κ2) is 2.61. The Morgan fingerprint density at radius 1 is 0.714 bits per heavy atom. The zero-order valence-electron chi connectivity index (χ0n) is 7.77. The van der Waals surface area contributed by atoms with Crippen LogP contribution in [0.2, 0.25) is 0 Å². The number of para-hydroxylation sites is 2. The molecule has 0 amide bonds. The van der Waals surface area contributed by atoms with Crippen molar-refractivity contribution in [2.75, 3.05) is 0 Å². The first-order valence-corrected chi connectivity index (χ1v) is 4.67. The van der Waals surface area contributed by atoms with E-state index < -0.39 is 0 Å². The minimum Gasteiger partial charge on any atom is -0.339 e. The molecule has 0 bridgehead atoms. The minimum atomic E-state index is 1.19. The Morgan fingerprint density at radius 3 is 1.64 bits per heavy atom. The second-order valence-electron chi connectivity index (χ2n) is 3.46. The fraction of sp³-hybridized carbons (Fsp3) is 0. The molecular weight excluding hydrogens is 170 g/mol. The third kappa shape index (κ3) is 0.841. The lowest BCUT2D eigenvalue weighted by Gasteiger charge is -1.95. The molecule has 2 aromatic carbocycles. The van der Waals surface area contributed by atoms with Crippen molar-refractivity contribution >= 4 is 21.8 Å². The van der Waals surface area contributed by atoms with Crippen LogP contribution in [-0.4, -0.2) is 4.57 Å². The molecule has 14 heavy (non-hydrogen) atoms. The van der Waals surface area contributed by atoms with Gasteiger partial charge < -0.3 is 4.57 Å². The summed E-state index contributed by atoms with van der Waals surface area (Å²) in [6.45, 7) is 0. The van der Waals surface area contributed by atoms with E-state index in [0.29, 0.717) is 0 Å². The maximum atomic E-state index is 4.05. The van der Waals surface area contributed by atoms with Gasteiger partial charge in [-0.2, -0.15) is 0 Å². The van der Waals surface area contributed by atoms with Crippen molar-refractivity contribution in [1.29, 1.82) is 0 Å². The molecule has 1 nitrogen and oxygen atoms in total. The van der Waals surface area contributed by atoms with Gasteiger partial charge in [0.15, 0.2) is 0 Å². The average Bonchev–Trinajstić information content (AvgIpc) is 2.55. The fourth-order valence-electron chi connectivity index (χ4n) is 2.00. The monoisotopic (exact) mass is 180 g/mol. The van der Waals surface area contributed by atoms with Gasteiger partial charge in [-0.15, -0.1) is 0 Å². The van der Waals surface area contributed by atoms with Crippen LogP contribution in [0.4, 0.5) is 0 Å². The predicted octanol–water partition coefficient (Wildman–Crippen LogP) is 3.43. The van der Waals surface area contributed by atoms with Crippen molar-refractivity contribution in [1.82, 2.24) is 4.57 Å². The largest absolute Gasteiger partial charge is 0.339 e. The number of aromatic nitrogens is 1. The van der Waals surface area contributed by atoms with Crippen molar-refractivity contribution in [2.45, 2.75) is 0 Å². The Labute approximate surface area is 82.6 Å². The van der Waals surface area contributed by atoms with E-state index in [-0.39, 0.29) is 0 Å². The smallest absolute Gasteiger partial charge is 0.0491 e. The highest BCUT2D eigenvalue weighted by molar-refractivity contribution is 6.08. The van der Waals surface area contributed by atoms with Crippen molar-refractivity contribution in [3.63, 3.8) is 0 Å². The molecule has 0 aliphatic carbocycles. The Balaban J connectivity index is 2.69. The SMILES string of the molecule is [CH2]n1c2ccccc2c2ccccc21. The topological polar surface area (TPSA) is 4.93 Å².